The lowest BCUT2D eigenvalue weighted by atomic mass is 10.1. The van der Waals surface area contributed by atoms with E-state index >= 15 is 0 Å². The number of rotatable bonds is 19. The molecule has 5 nitrogen and oxygen atoms in total. The average Bonchev–Trinajstić information content (AvgIpc) is 2.72. The maximum absolute atomic E-state index is 11.3. The summed E-state index contributed by atoms with van der Waals surface area (Å²) in [5.74, 6) is 1.32. The standard InChI is InChI=1S/C23H38O5/c24-15-9-5-1-3-7-11-17-27-22-13-14-23(21(19-22)20-26)28-18-12-8-4-2-6-10-16-25/h13-14,19-20,24-25H,1-12,15-18H2. The van der Waals surface area contributed by atoms with Gasteiger partial charge < -0.3 is 19.7 Å². The lowest BCUT2D eigenvalue weighted by molar-refractivity contribution is 0.111. The third-order valence-corrected chi connectivity index (χ3v) is 4.74. The molecule has 28 heavy (non-hydrogen) atoms. The molecule has 0 saturated carbocycles. The van der Waals surface area contributed by atoms with Gasteiger partial charge in [-0.1, -0.05) is 51.4 Å². The number of hydrogen-bond acceptors (Lipinski definition) is 5. The van der Waals surface area contributed by atoms with E-state index in [0.29, 0.717) is 30.3 Å². The lowest BCUT2D eigenvalue weighted by Gasteiger charge is -2.11. The fourth-order valence-corrected chi connectivity index (χ4v) is 3.05. The lowest BCUT2D eigenvalue weighted by Crippen LogP contribution is -2.02. The summed E-state index contributed by atoms with van der Waals surface area (Å²) in [4.78, 5) is 11.3. The van der Waals surface area contributed by atoms with E-state index in [4.69, 9.17) is 19.7 Å². The van der Waals surface area contributed by atoms with Crippen LogP contribution in [0.5, 0.6) is 11.5 Å². The predicted molar refractivity (Wildman–Crippen MR) is 112 cm³/mol. The highest BCUT2D eigenvalue weighted by Crippen LogP contribution is 2.23. The zero-order valence-corrected chi connectivity index (χ0v) is 17.2. The highest BCUT2D eigenvalue weighted by Gasteiger charge is 2.06. The number of aliphatic hydroxyl groups excluding tert-OH is 2. The van der Waals surface area contributed by atoms with Crippen LogP contribution >= 0.6 is 0 Å². The average molecular weight is 395 g/mol. The van der Waals surface area contributed by atoms with Gasteiger partial charge in [0.15, 0.2) is 6.29 Å². The second kappa shape index (κ2) is 17.5. The van der Waals surface area contributed by atoms with Gasteiger partial charge in [0.1, 0.15) is 11.5 Å². The monoisotopic (exact) mass is 394 g/mol. The molecule has 0 unspecified atom stereocenters. The van der Waals surface area contributed by atoms with Gasteiger partial charge >= 0.3 is 0 Å². The van der Waals surface area contributed by atoms with Gasteiger partial charge in [0.2, 0.25) is 0 Å². The summed E-state index contributed by atoms with van der Waals surface area (Å²) in [6, 6.07) is 5.42. The summed E-state index contributed by atoms with van der Waals surface area (Å²) < 4.78 is 11.5. The Morgan fingerprint density at radius 2 is 1.18 bits per heavy atom. The van der Waals surface area contributed by atoms with Crippen LogP contribution in [0.1, 0.15) is 87.4 Å². The van der Waals surface area contributed by atoms with Crippen molar-refractivity contribution in [3.63, 3.8) is 0 Å². The second-order valence-electron chi connectivity index (χ2n) is 7.20. The number of hydrogen-bond donors (Lipinski definition) is 2. The van der Waals surface area contributed by atoms with Gasteiger partial charge in [-0.15, -0.1) is 0 Å². The van der Waals surface area contributed by atoms with Gasteiger partial charge in [0.25, 0.3) is 0 Å². The minimum Gasteiger partial charge on any atom is -0.494 e. The van der Waals surface area contributed by atoms with Gasteiger partial charge in [0, 0.05) is 13.2 Å². The van der Waals surface area contributed by atoms with E-state index in [2.05, 4.69) is 0 Å². The zero-order valence-electron chi connectivity index (χ0n) is 17.2. The van der Waals surface area contributed by atoms with Crippen molar-refractivity contribution in [2.75, 3.05) is 26.4 Å². The summed E-state index contributed by atoms with van der Waals surface area (Å²) >= 11 is 0. The molecule has 160 valence electrons. The van der Waals surface area contributed by atoms with Gasteiger partial charge in [-0.05, 0) is 43.9 Å². The fourth-order valence-electron chi connectivity index (χ4n) is 3.05. The summed E-state index contributed by atoms with van der Waals surface area (Å²) in [7, 11) is 0. The van der Waals surface area contributed by atoms with Crippen LogP contribution in [0.3, 0.4) is 0 Å². The van der Waals surface area contributed by atoms with Crippen LogP contribution < -0.4 is 9.47 Å². The minimum atomic E-state index is 0.280. The van der Waals surface area contributed by atoms with E-state index in [9.17, 15) is 4.79 Å². The number of carbonyl (C=O) groups is 1. The molecule has 1 aromatic rings. The topological polar surface area (TPSA) is 76.0 Å². The molecule has 0 aliphatic carbocycles. The molecular formula is C23H38O5. The third kappa shape index (κ3) is 12.0. The van der Waals surface area contributed by atoms with Crippen LogP contribution in [0, 0.1) is 0 Å². The van der Waals surface area contributed by atoms with E-state index in [1.165, 1.54) is 0 Å². The van der Waals surface area contributed by atoms with Crippen molar-refractivity contribution >= 4 is 6.29 Å². The van der Waals surface area contributed by atoms with Crippen LogP contribution in [0.15, 0.2) is 18.2 Å². The van der Waals surface area contributed by atoms with Gasteiger partial charge in [-0.3, -0.25) is 4.79 Å². The van der Waals surface area contributed by atoms with Crippen LogP contribution in [0.4, 0.5) is 0 Å². The molecule has 0 atom stereocenters. The normalized spacial score (nSPS) is 10.8. The molecule has 0 heterocycles. The predicted octanol–water partition coefficient (Wildman–Crippen LogP) is 4.92. The largest absolute Gasteiger partial charge is 0.494 e. The van der Waals surface area contributed by atoms with Crippen LogP contribution in [-0.4, -0.2) is 42.9 Å². The van der Waals surface area contributed by atoms with Crippen molar-refractivity contribution in [3.8, 4) is 11.5 Å². The number of benzene rings is 1. The first kappa shape index (κ1) is 24.4. The summed E-state index contributed by atoms with van der Waals surface area (Å²) in [5.41, 5.74) is 0.532. The highest BCUT2D eigenvalue weighted by molar-refractivity contribution is 5.80. The number of unbranched alkanes of at least 4 members (excludes halogenated alkanes) is 10. The Morgan fingerprint density at radius 1 is 0.679 bits per heavy atom. The number of carbonyl (C=O) groups excluding carboxylic acids is 1. The Kier molecular flexibility index (Phi) is 15.3. The third-order valence-electron chi connectivity index (χ3n) is 4.74. The molecule has 0 fully saturated rings. The van der Waals surface area contributed by atoms with E-state index in [1.807, 2.05) is 12.1 Å². The number of aldehydes is 1. The molecule has 0 aliphatic heterocycles. The van der Waals surface area contributed by atoms with Crippen molar-refractivity contribution in [3.05, 3.63) is 23.8 Å². The van der Waals surface area contributed by atoms with Gasteiger partial charge in [-0.25, -0.2) is 0 Å². The Labute approximate surface area is 170 Å². The Hall–Kier alpha value is -1.59. The maximum Gasteiger partial charge on any atom is 0.153 e. The molecule has 0 aliphatic rings. The van der Waals surface area contributed by atoms with Crippen LogP contribution in [0.2, 0.25) is 0 Å². The van der Waals surface area contributed by atoms with Crippen LogP contribution in [-0.2, 0) is 0 Å². The zero-order chi connectivity index (χ0) is 20.3. The van der Waals surface area contributed by atoms with E-state index < -0.39 is 0 Å². The summed E-state index contributed by atoms with van der Waals surface area (Å²) in [6.07, 6.45) is 13.6. The van der Waals surface area contributed by atoms with Crippen molar-refractivity contribution in [2.45, 2.75) is 77.0 Å². The highest BCUT2D eigenvalue weighted by atomic mass is 16.5. The second-order valence-corrected chi connectivity index (χ2v) is 7.20. The summed E-state index contributed by atoms with van der Waals surface area (Å²) in [5, 5.41) is 17.5. The Bertz CT molecular complexity index is 504. The molecule has 1 aromatic carbocycles. The first-order chi connectivity index (χ1) is 13.8. The van der Waals surface area contributed by atoms with Crippen LogP contribution in [0.25, 0.3) is 0 Å². The number of ether oxygens (including phenoxy) is 2. The molecule has 0 amide bonds. The van der Waals surface area contributed by atoms with Crippen molar-refractivity contribution in [2.24, 2.45) is 0 Å². The smallest absolute Gasteiger partial charge is 0.153 e. The fraction of sp³-hybridized carbons (Fsp3) is 0.696. The van der Waals surface area contributed by atoms with Crippen molar-refractivity contribution in [1.82, 2.24) is 0 Å². The Balaban J connectivity index is 2.19. The first-order valence-corrected chi connectivity index (χ1v) is 10.9. The molecular weight excluding hydrogens is 356 g/mol. The molecule has 2 N–H and O–H groups in total. The SMILES string of the molecule is O=Cc1cc(OCCCCCCCCO)ccc1OCCCCCCCCO. The maximum atomic E-state index is 11.3. The van der Waals surface area contributed by atoms with E-state index in [-0.39, 0.29) is 13.2 Å². The molecule has 1 rings (SSSR count). The quantitative estimate of drug-likeness (QED) is 0.257. The molecule has 5 heteroatoms. The number of aliphatic hydroxyl groups is 2. The van der Waals surface area contributed by atoms with Gasteiger partial charge in [0.05, 0.1) is 18.8 Å². The Morgan fingerprint density at radius 3 is 1.71 bits per heavy atom. The van der Waals surface area contributed by atoms with Gasteiger partial charge in [-0.2, -0.15) is 0 Å². The van der Waals surface area contributed by atoms with Crippen molar-refractivity contribution in [1.29, 1.82) is 0 Å². The van der Waals surface area contributed by atoms with E-state index in [1.54, 1.807) is 6.07 Å². The molecule has 0 aromatic heterocycles. The molecule has 0 spiro atoms. The first-order valence-electron chi connectivity index (χ1n) is 10.9. The molecule has 0 bridgehead atoms. The minimum absolute atomic E-state index is 0.280. The molecule has 0 radical (unpaired) electrons. The summed E-state index contributed by atoms with van der Waals surface area (Å²) in [6.45, 7) is 1.82. The van der Waals surface area contributed by atoms with Crippen molar-refractivity contribution < 1.29 is 24.5 Å². The van der Waals surface area contributed by atoms with E-state index in [0.717, 1.165) is 83.3 Å². The molecule has 0 saturated heterocycles.